The molecule has 27 heavy (non-hydrogen) atoms. The SMILES string of the molecule is CS(=O)(=O)N1CCN(C(=O)CC[C@H]2NC(=O)N(c3ccccc3)C2=O)CC1. The van der Waals surface area contributed by atoms with E-state index in [4.69, 9.17) is 0 Å². The number of nitrogens with zero attached hydrogens (tertiary/aromatic N) is 3. The van der Waals surface area contributed by atoms with Gasteiger partial charge in [0, 0.05) is 32.6 Å². The van der Waals surface area contributed by atoms with Crippen LogP contribution >= 0.6 is 0 Å². The van der Waals surface area contributed by atoms with E-state index in [2.05, 4.69) is 5.32 Å². The number of rotatable bonds is 5. The summed E-state index contributed by atoms with van der Waals surface area (Å²) < 4.78 is 24.4. The maximum absolute atomic E-state index is 12.5. The van der Waals surface area contributed by atoms with Gasteiger partial charge in [0.25, 0.3) is 5.91 Å². The highest BCUT2D eigenvalue weighted by Crippen LogP contribution is 2.21. The second-order valence-corrected chi connectivity index (χ2v) is 8.58. The first kappa shape index (κ1) is 19.3. The van der Waals surface area contributed by atoms with Crippen LogP contribution in [0.25, 0.3) is 0 Å². The number of nitrogens with one attached hydrogen (secondary N) is 1. The number of anilines is 1. The Hall–Kier alpha value is -2.46. The van der Waals surface area contributed by atoms with Crippen molar-refractivity contribution in [2.45, 2.75) is 18.9 Å². The average Bonchev–Trinajstić information content (AvgIpc) is 2.93. The lowest BCUT2D eigenvalue weighted by Gasteiger charge is -2.33. The summed E-state index contributed by atoms with van der Waals surface area (Å²) in [7, 11) is -3.25. The van der Waals surface area contributed by atoms with Crippen LogP contribution in [-0.2, 0) is 19.6 Å². The van der Waals surface area contributed by atoms with E-state index in [1.807, 2.05) is 0 Å². The van der Waals surface area contributed by atoms with Gasteiger partial charge in [-0.1, -0.05) is 18.2 Å². The van der Waals surface area contributed by atoms with Crippen LogP contribution in [0.5, 0.6) is 0 Å². The third-order valence-electron chi connectivity index (χ3n) is 4.74. The molecule has 9 nitrogen and oxygen atoms in total. The highest BCUT2D eigenvalue weighted by atomic mass is 32.2. The monoisotopic (exact) mass is 394 g/mol. The quantitative estimate of drug-likeness (QED) is 0.707. The Kier molecular flexibility index (Phi) is 5.47. The summed E-state index contributed by atoms with van der Waals surface area (Å²) in [4.78, 5) is 39.7. The summed E-state index contributed by atoms with van der Waals surface area (Å²) >= 11 is 0. The third kappa shape index (κ3) is 4.28. The first-order valence-corrected chi connectivity index (χ1v) is 10.5. The van der Waals surface area contributed by atoms with Crippen molar-refractivity contribution < 1.29 is 22.8 Å². The first-order chi connectivity index (χ1) is 12.8. The lowest BCUT2D eigenvalue weighted by molar-refractivity contribution is -0.132. The van der Waals surface area contributed by atoms with E-state index in [0.29, 0.717) is 18.8 Å². The molecule has 0 saturated carbocycles. The molecule has 2 aliphatic rings. The predicted octanol–water partition coefficient (Wildman–Crippen LogP) is -0.00460. The Morgan fingerprint density at radius 3 is 2.33 bits per heavy atom. The maximum atomic E-state index is 12.5. The highest BCUT2D eigenvalue weighted by Gasteiger charge is 2.39. The largest absolute Gasteiger partial charge is 0.340 e. The topological polar surface area (TPSA) is 107 Å². The minimum Gasteiger partial charge on any atom is -0.340 e. The Labute approximate surface area is 158 Å². The van der Waals surface area contributed by atoms with Crippen LogP contribution in [0.15, 0.2) is 30.3 Å². The molecule has 2 saturated heterocycles. The molecule has 146 valence electrons. The fraction of sp³-hybridized carbons (Fsp3) is 0.471. The predicted molar refractivity (Wildman–Crippen MR) is 98.5 cm³/mol. The summed E-state index contributed by atoms with van der Waals surface area (Å²) in [6, 6.07) is 7.38. The summed E-state index contributed by atoms with van der Waals surface area (Å²) in [5.41, 5.74) is 0.491. The van der Waals surface area contributed by atoms with Crippen LogP contribution in [0, 0.1) is 0 Å². The molecule has 2 aliphatic heterocycles. The van der Waals surface area contributed by atoms with Gasteiger partial charge in [0.2, 0.25) is 15.9 Å². The molecule has 0 bridgehead atoms. The Bertz CT molecular complexity index is 834. The minimum absolute atomic E-state index is 0.109. The molecule has 2 heterocycles. The van der Waals surface area contributed by atoms with Gasteiger partial charge in [-0.2, -0.15) is 4.31 Å². The number of amides is 4. The highest BCUT2D eigenvalue weighted by molar-refractivity contribution is 7.88. The zero-order chi connectivity index (χ0) is 19.6. The van der Waals surface area contributed by atoms with E-state index in [1.165, 1.54) is 4.31 Å². The average molecular weight is 394 g/mol. The van der Waals surface area contributed by atoms with Crippen molar-refractivity contribution in [3.05, 3.63) is 30.3 Å². The summed E-state index contributed by atoms with van der Waals surface area (Å²) in [5.74, 6) is -0.524. The Morgan fingerprint density at radius 2 is 1.74 bits per heavy atom. The van der Waals surface area contributed by atoms with Crippen LogP contribution in [0.2, 0.25) is 0 Å². The van der Waals surface area contributed by atoms with Crippen molar-refractivity contribution >= 4 is 33.6 Å². The van der Waals surface area contributed by atoms with Crippen LogP contribution < -0.4 is 10.2 Å². The maximum Gasteiger partial charge on any atom is 0.329 e. The molecule has 0 spiro atoms. The molecule has 10 heteroatoms. The van der Waals surface area contributed by atoms with E-state index < -0.39 is 22.1 Å². The number of hydrogen-bond donors (Lipinski definition) is 1. The zero-order valence-electron chi connectivity index (χ0n) is 15.0. The van der Waals surface area contributed by atoms with Crippen LogP contribution in [0.4, 0.5) is 10.5 Å². The minimum atomic E-state index is -3.25. The second-order valence-electron chi connectivity index (χ2n) is 6.59. The molecule has 3 rings (SSSR count). The van der Waals surface area contributed by atoms with Crippen LogP contribution in [0.3, 0.4) is 0 Å². The lowest BCUT2D eigenvalue weighted by atomic mass is 10.1. The Balaban J connectivity index is 1.53. The van der Waals surface area contributed by atoms with Crippen molar-refractivity contribution in [2.75, 3.05) is 37.3 Å². The summed E-state index contributed by atoms with van der Waals surface area (Å²) in [6.45, 7) is 1.19. The van der Waals surface area contributed by atoms with Gasteiger partial charge < -0.3 is 10.2 Å². The van der Waals surface area contributed by atoms with E-state index in [0.717, 1.165) is 11.2 Å². The van der Waals surface area contributed by atoms with Gasteiger partial charge in [0.15, 0.2) is 0 Å². The van der Waals surface area contributed by atoms with Crippen molar-refractivity contribution in [3.8, 4) is 0 Å². The van der Waals surface area contributed by atoms with E-state index in [1.54, 1.807) is 35.2 Å². The number of carbonyl (C=O) groups excluding carboxylic acids is 3. The summed E-state index contributed by atoms with van der Waals surface area (Å²) in [5, 5.41) is 2.62. The fourth-order valence-electron chi connectivity index (χ4n) is 3.24. The number of carbonyl (C=O) groups is 3. The molecular formula is C17H22N4O5S. The number of piperazine rings is 1. The molecule has 1 aromatic carbocycles. The van der Waals surface area contributed by atoms with Gasteiger partial charge in [0.1, 0.15) is 6.04 Å². The molecule has 1 aromatic rings. The second kappa shape index (κ2) is 7.65. The molecule has 1 atom stereocenters. The van der Waals surface area contributed by atoms with Crippen molar-refractivity contribution in [1.82, 2.24) is 14.5 Å². The molecule has 2 fully saturated rings. The molecule has 0 aliphatic carbocycles. The zero-order valence-corrected chi connectivity index (χ0v) is 15.8. The number of hydrogen-bond acceptors (Lipinski definition) is 5. The van der Waals surface area contributed by atoms with Gasteiger partial charge in [-0.3, -0.25) is 9.59 Å². The van der Waals surface area contributed by atoms with Gasteiger partial charge in [-0.05, 0) is 18.6 Å². The molecule has 0 aromatic heterocycles. The van der Waals surface area contributed by atoms with Gasteiger partial charge in [0.05, 0.1) is 11.9 Å². The standard InChI is InChI=1S/C17H22N4O5S/c1-27(25,26)20-11-9-19(10-12-20)15(22)8-7-14-16(23)21(17(24)18-14)13-5-3-2-4-6-13/h2-6,14H,7-12H2,1H3,(H,18,24)/t14-/m1/s1. The van der Waals surface area contributed by atoms with Crippen LogP contribution in [0.1, 0.15) is 12.8 Å². The molecule has 1 N–H and O–H groups in total. The van der Waals surface area contributed by atoms with Gasteiger partial charge >= 0.3 is 6.03 Å². The fourth-order valence-corrected chi connectivity index (χ4v) is 4.07. The van der Waals surface area contributed by atoms with E-state index in [9.17, 15) is 22.8 Å². The number of para-hydroxylation sites is 1. The number of sulfonamides is 1. The smallest absolute Gasteiger partial charge is 0.329 e. The van der Waals surface area contributed by atoms with Crippen molar-refractivity contribution in [1.29, 1.82) is 0 Å². The first-order valence-electron chi connectivity index (χ1n) is 8.70. The number of urea groups is 1. The third-order valence-corrected chi connectivity index (χ3v) is 6.04. The lowest BCUT2D eigenvalue weighted by Crippen LogP contribution is -2.50. The Morgan fingerprint density at radius 1 is 1.11 bits per heavy atom. The normalized spacial score (nSPS) is 21.4. The molecule has 4 amide bonds. The molecule has 0 unspecified atom stereocenters. The molecule has 0 radical (unpaired) electrons. The van der Waals surface area contributed by atoms with Crippen molar-refractivity contribution in [3.63, 3.8) is 0 Å². The van der Waals surface area contributed by atoms with E-state index in [-0.39, 0.29) is 37.7 Å². The van der Waals surface area contributed by atoms with E-state index >= 15 is 0 Å². The number of imide groups is 1. The molecular weight excluding hydrogens is 372 g/mol. The van der Waals surface area contributed by atoms with Crippen molar-refractivity contribution in [2.24, 2.45) is 0 Å². The number of benzene rings is 1. The van der Waals surface area contributed by atoms with Crippen LogP contribution in [-0.4, -0.2) is 73.9 Å². The van der Waals surface area contributed by atoms with Gasteiger partial charge in [-0.25, -0.2) is 18.1 Å². The summed E-state index contributed by atoms with van der Waals surface area (Å²) in [6.07, 6.45) is 1.47. The van der Waals surface area contributed by atoms with Gasteiger partial charge in [-0.15, -0.1) is 0 Å².